The van der Waals surface area contributed by atoms with E-state index in [1.165, 1.54) is 0 Å². The van der Waals surface area contributed by atoms with Crippen LogP contribution in [-0.2, 0) is 9.59 Å². The van der Waals surface area contributed by atoms with Gasteiger partial charge in [0.1, 0.15) is 0 Å². The van der Waals surface area contributed by atoms with Crippen molar-refractivity contribution in [3.63, 3.8) is 0 Å². The summed E-state index contributed by atoms with van der Waals surface area (Å²) in [7, 11) is 0. The highest BCUT2D eigenvalue weighted by atomic mass is 35.5. The zero-order valence-electron chi connectivity index (χ0n) is 13.9. The predicted octanol–water partition coefficient (Wildman–Crippen LogP) is 4.64. The molecule has 0 bridgehead atoms. The van der Waals surface area contributed by atoms with E-state index in [-0.39, 0.29) is 24.3 Å². The third kappa shape index (κ3) is 5.66. The molecule has 0 aliphatic rings. The fourth-order valence-corrected chi connectivity index (χ4v) is 2.28. The molecule has 0 saturated carbocycles. The van der Waals surface area contributed by atoms with E-state index in [2.05, 4.69) is 16.0 Å². The first-order valence-electron chi connectivity index (χ1n) is 7.75. The molecule has 0 radical (unpaired) electrons. The lowest BCUT2D eigenvalue weighted by Crippen LogP contribution is -2.22. The molecule has 0 aliphatic carbocycles. The summed E-state index contributed by atoms with van der Waals surface area (Å²) in [4.78, 5) is 23.6. The Morgan fingerprint density at radius 3 is 2.24 bits per heavy atom. The van der Waals surface area contributed by atoms with Crippen molar-refractivity contribution in [3.8, 4) is 0 Å². The SMILES string of the molecule is CC(C)C(=O)Nc1ccc(NCC(=O)Nc2cccc(Cl)c2Cl)cc1. The minimum Gasteiger partial charge on any atom is -0.376 e. The van der Waals surface area contributed by atoms with Gasteiger partial charge in [-0.1, -0.05) is 43.1 Å². The summed E-state index contributed by atoms with van der Waals surface area (Å²) >= 11 is 11.9. The largest absolute Gasteiger partial charge is 0.376 e. The third-order valence-electron chi connectivity index (χ3n) is 3.36. The van der Waals surface area contributed by atoms with Crippen molar-refractivity contribution in [2.75, 3.05) is 22.5 Å². The number of carbonyl (C=O) groups is 2. The van der Waals surface area contributed by atoms with Crippen LogP contribution >= 0.6 is 23.2 Å². The molecule has 0 spiro atoms. The maximum atomic E-state index is 12.0. The highest BCUT2D eigenvalue weighted by Crippen LogP contribution is 2.29. The fraction of sp³-hybridized carbons (Fsp3) is 0.222. The average molecular weight is 380 g/mol. The third-order valence-corrected chi connectivity index (χ3v) is 4.17. The molecular weight excluding hydrogens is 361 g/mol. The lowest BCUT2D eigenvalue weighted by molar-refractivity contribution is -0.119. The van der Waals surface area contributed by atoms with Crippen LogP contribution in [0.5, 0.6) is 0 Å². The van der Waals surface area contributed by atoms with Gasteiger partial charge in [0.25, 0.3) is 0 Å². The molecule has 2 aromatic rings. The fourth-order valence-electron chi connectivity index (χ4n) is 1.94. The Hall–Kier alpha value is -2.24. The van der Waals surface area contributed by atoms with Crippen molar-refractivity contribution in [1.82, 2.24) is 0 Å². The van der Waals surface area contributed by atoms with Gasteiger partial charge in [0.2, 0.25) is 11.8 Å². The molecule has 2 aromatic carbocycles. The molecular formula is C18H19Cl2N3O2. The lowest BCUT2D eigenvalue weighted by Gasteiger charge is -2.11. The molecule has 132 valence electrons. The number of anilines is 3. The topological polar surface area (TPSA) is 70.2 Å². The van der Waals surface area contributed by atoms with Crippen LogP contribution in [0.4, 0.5) is 17.1 Å². The summed E-state index contributed by atoms with van der Waals surface area (Å²) in [6.45, 7) is 3.73. The van der Waals surface area contributed by atoms with Gasteiger partial charge in [-0.05, 0) is 36.4 Å². The van der Waals surface area contributed by atoms with Crippen molar-refractivity contribution < 1.29 is 9.59 Å². The van der Waals surface area contributed by atoms with E-state index in [0.29, 0.717) is 21.4 Å². The van der Waals surface area contributed by atoms with Crippen LogP contribution in [0.1, 0.15) is 13.8 Å². The Kier molecular flexibility index (Phi) is 6.67. The van der Waals surface area contributed by atoms with Crippen LogP contribution in [0.15, 0.2) is 42.5 Å². The first-order chi connectivity index (χ1) is 11.9. The molecule has 0 atom stereocenters. The van der Waals surface area contributed by atoms with Crippen LogP contribution in [-0.4, -0.2) is 18.4 Å². The van der Waals surface area contributed by atoms with Gasteiger partial charge in [-0.25, -0.2) is 0 Å². The monoisotopic (exact) mass is 379 g/mol. The van der Waals surface area contributed by atoms with Gasteiger partial charge in [-0.15, -0.1) is 0 Å². The number of benzene rings is 2. The summed E-state index contributed by atoms with van der Waals surface area (Å²) in [6.07, 6.45) is 0. The number of halogens is 2. The number of hydrogen-bond donors (Lipinski definition) is 3. The summed E-state index contributed by atoms with van der Waals surface area (Å²) in [5, 5.41) is 9.19. The Balaban J connectivity index is 1.87. The Morgan fingerprint density at radius 2 is 1.60 bits per heavy atom. The smallest absolute Gasteiger partial charge is 0.243 e. The predicted molar refractivity (Wildman–Crippen MR) is 103 cm³/mol. The van der Waals surface area contributed by atoms with Crippen LogP contribution < -0.4 is 16.0 Å². The zero-order chi connectivity index (χ0) is 18.4. The molecule has 0 fully saturated rings. The van der Waals surface area contributed by atoms with Gasteiger partial charge < -0.3 is 16.0 Å². The zero-order valence-corrected chi connectivity index (χ0v) is 15.4. The maximum Gasteiger partial charge on any atom is 0.243 e. The van der Waals surface area contributed by atoms with Crippen molar-refractivity contribution in [2.24, 2.45) is 5.92 Å². The molecule has 0 saturated heterocycles. The van der Waals surface area contributed by atoms with Crippen LogP contribution in [0.25, 0.3) is 0 Å². The first kappa shape index (κ1) is 19.1. The normalized spacial score (nSPS) is 10.4. The molecule has 0 heterocycles. The van der Waals surface area contributed by atoms with Gasteiger partial charge in [-0.3, -0.25) is 9.59 Å². The molecule has 0 unspecified atom stereocenters. The van der Waals surface area contributed by atoms with E-state index in [1.54, 1.807) is 42.5 Å². The van der Waals surface area contributed by atoms with Gasteiger partial charge in [0.05, 0.1) is 22.3 Å². The quantitative estimate of drug-likeness (QED) is 0.684. The second-order valence-electron chi connectivity index (χ2n) is 5.72. The van der Waals surface area contributed by atoms with E-state index < -0.39 is 0 Å². The van der Waals surface area contributed by atoms with E-state index in [1.807, 2.05) is 13.8 Å². The maximum absolute atomic E-state index is 12.0. The Bertz CT molecular complexity index is 761. The van der Waals surface area contributed by atoms with Crippen LogP contribution in [0.3, 0.4) is 0 Å². The van der Waals surface area contributed by atoms with E-state index in [9.17, 15) is 9.59 Å². The van der Waals surface area contributed by atoms with Crippen molar-refractivity contribution in [2.45, 2.75) is 13.8 Å². The van der Waals surface area contributed by atoms with Gasteiger partial charge in [-0.2, -0.15) is 0 Å². The van der Waals surface area contributed by atoms with Crippen LogP contribution in [0, 0.1) is 5.92 Å². The molecule has 2 amide bonds. The number of hydrogen-bond acceptors (Lipinski definition) is 3. The minimum absolute atomic E-state index is 0.0431. The van der Waals surface area contributed by atoms with Crippen LogP contribution in [0.2, 0.25) is 10.0 Å². The Morgan fingerprint density at radius 1 is 0.960 bits per heavy atom. The number of rotatable bonds is 6. The van der Waals surface area contributed by atoms with E-state index in [4.69, 9.17) is 23.2 Å². The highest BCUT2D eigenvalue weighted by molar-refractivity contribution is 6.44. The van der Waals surface area contributed by atoms with Gasteiger partial charge >= 0.3 is 0 Å². The molecule has 25 heavy (non-hydrogen) atoms. The molecule has 0 aromatic heterocycles. The van der Waals surface area contributed by atoms with E-state index in [0.717, 1.165) is 5.69 Å². The first-order valence-corrected chi connectivity index (χ1v) is 8.51. The number of nitrogens with one attached hydrogen (secondary N) is 3. The summed E-state index contributed by atoms with van der Waals surface area (Å²) in [5.74, 6) is -0.375. The highest BCUT2D eigenvalue weighted by Gasteiger charge is 2.09. The Labute approximate surface area is 156 Å². The summed E-state index contributed by atoms with van der Waals surface area (Å²) < 4.78 is 0. The average Bonchev–Trinajstić information content (AvgIpc) is 2.58. The van der Waals surface area contributed by atoms with Gasteiger partial charge in [0.15, 0.2) is 0 Å². The lowest BCUT2D eigenvalue weighted by atomic mass is 10.2. The second kappa shape index (κ2) is 8.74. The second-order valence-corrected chi connectivity index (χ2v) is 6.51. The standard InChI is InChI=1S/C18H19Cl2N3O2/c1-11(2)18(25)22-13-8-6-12(7-9-13)21-10-16(24)23-15-5-3-4-14(19)17(15)20/h3-9,11,21H,10H2,1-2H3,(H,22,25)(H,23,24). The van der Waals surface area contributed by atoms with Crippen molar-refractivity contribution in [1.29, 1.82) is 0 Å². The van der Waals surface area contributed by atoms with E-state index >= 15 is 0 Å². The molecule has 0 aliphatic heterocycles. The van der Waals surface area contributed by atoms with Gasteiger partial charge in [0, 0.05) is 17.3 Å². The molecule has 7 heteroatoms. The molecule has 2 rings (SSSR count). The summed E-state index contributed by atoms with van der Waals surface area (Å²) in [5.41, 5.74) is 1.93. The minimum atomic E-state index is -0.249. The number of carbonyl (C=O) groups excluding carboxylic acids is 2. The van der Waals surface area contributed by atoms with Crippen molar-refractivity contribution >= 4 is 52.1 Å². The van der Waals surface area contributed by atoms with Crippen molar-refractivity contribution in [3.05, 3.63) is 52.5 Å². The number of amides is 2. The molecule has 5 nitrogen and oxygen atoms in total. The summed E-state index contributed by atoms with van der Waals surface area (Å²) in [6, 6.07) is 12.2. The molecule has 3 N–H and O–H groups in total.